The molecule has 0 atom stereocenters. The third-order valence-corrected chi connectivity index (χ3v) is 4.32. The molecular formula is C23H26N2O3. The van der Waals surface area contributed by atoms with Crippen LogP contribution in [0.4, 0.5) is 5.69 Å². The van der Waals surface area contributed by atoms with Gasteiger partial charge in [-0.05, 0) is 42.3 Å². The van der Waals surface area contributed by atoms with E-state index in [9.17, 15) is 4.79 Å². The molecule has 5 nitrogen and oxygen atoms in total. The van der Waals surface area contributed by atoms with Gasteiger partial charge in [0, 0.05) is 23.2 Å². The van der Waals surface area contributed by atoms with Gasteiger partial charge in [-0.15, -0.1) is 0 Å². The molecule has 0 aliphatic heterocycles. The summed E-state index contributed by atoms with van der Waals surface area (Å²) in [4.78, 5) is 16.6. The molecule has 1 heterocycles. The van der Waals surface area contributed by atoms with Gasteiger partial charge in [0.05, 0.1) is 31.3 Å². The lowest BCUT2D eigenvalue weighted by Crippen LogP contribution is -2.14. The van der Waals surface area contributed by atoms with Crippen molar-refractivity contribution < 1.29 is 14.3 Å². The zero-order valence-corrected chi connectivity index (χ0v) is 16.6. The summed E-state index contributed by atoms with van der Waals surface area (Å²) < 4.78 is 10.5. The quantitative estimate of drug-likeness (QED) is 0.564. The minimum Gasteiger partial charge on any atom is -0.497 e. The first-order valence-electron chi connectivity index (χ1n) is 9.50. The zero-order valence-electron chi connectivity index (χ0n) is 16.6. The van der Waals surface area contributed by atoms with E-state index in [1.54, 1.807) is 7.11 Å². The Morgan fingerprint density at radius 2 is 1.86 bits per heavy atom. The van der Waals surface area contributed by atoms with E-state index in [0.29, 0.717) is 25.5 Å². The van der Waals surface area contributed by atoms with Crippen molar-refractivity contribution in [2.75, 3.05) is 25.6 Å². The highest BCUT2D eigenvalue weighted by Crippen LogP contribution is 2.29. The summed E-state index contributed by atoms with van der Waals surface area (Å²) in [5.74, 6) is 0.964. The molecular weight excluding hydrogens is 352 g/mol. The number of para-hydroxylation sites is 1. The van der Waals surface area contributed by atoms with Crippen LogP contribution in [0.5, 0.6) is 5.75 Å². The first-order valence-corrected chi connectivity index (χ1v) is 9.50. The summed E-state index contributed by atoms with van der Waals surface area (Å²) in [7, 11) is 1.65. The number of nitrogens with zero attached hydrogens (tertiary/aromatic N) is 1. The Morgan fingerprint density at radius 1 is 1.11 bits per heavy atom. The van der Waals surface area contributed by atoms with Gasteiger partial charge in [0.1, 0.15) is 5.75 Å². The maximum absolute atomic E-state index is 11.9. The number of ether oxygens (including phenoxy) is 2. The van der Waals surface area contributed by atoms with Crippen LogP contribution in [0.25, 0.3) is 22.2 Å². The molecule has 0 fully saturated rings. The van der Waals surface area contributed by atoms with Crippen molar-refractivity contribution in [2.24, 2.45) is 5.92 Å². The molecule has 0 saturated carbocycles. The van der Waals surface area contributed by atoms with E-state index in [-0.39, 0.29) is 5.97 Å². The molecule has 3 aromatic rings. The standard InChI is InChI=1S/C23H26N2O3/c1-16(2)15-28-23(26)12-13-24-22-14-21(17-8-10-18(27-3)11-9-17)25-20-7-5-4-6-19(20)22/h4-11,14,16H,12-13,15H2,1-3H3,(H,24,25). The topological polar surface area (TPSA) is 60.5 Å². The lowest BCUT2D eigenvalue weighted by Gasteiger charge is -2.13. The number of hydrogen-bond donors (Lipinski definition) is 1. The lowest BCUT2D eigenvalue weighted by molar-refractivity contribution is -0.144. The molecule has 3 rings (SSSR count). The van der Waals surface area contributed by atoms with Crippen LogP contribution >= 0.6 is 0 Å². The normalized spacial score (nSPS) is 10.9. The van der Waals surface area contributed by atoms with E-state index in [4.69, 9.17) is 14.5 Å². The van der Waals surface area contributed by atoms with Crippen LogP contribution in [0.1, 0.15) is 20.3 Å². The number of methoxy groups -OCH3 is 1. The van der Waals surface area contributed by atoms with Crippen LogP contribution in [-0.4, -0.2) is 31.2 Å². The van der Waals surface area contributed by atoms with Crippen LogP contribution in [-0.2, 0) is 9.53 Å². The Balaban J connectivity index is 1.79. The van der Waals surface area contributed by atoms with Crippen molar-refractivity contribution in [3.05, 3.63) is 54.6 Å². The number of carbonyl (C=O) groups is 1. The van der Waals surface area contributed by atoms with E-state index in [1.165, 1.54) is 0 Å². The lowest BCUT2D eigenvalue weighted by atomic mass is 10.1. The largest absolute Gasteiger partial charge is 0.497 e. The average Bonchev–Trinajstić information content (AvgIpc) is 2.72. The van der Waals surface area contributed by atoms with Crippen molar-refractivity contribution in [3.8, 4) is 17.0 Å². The monoisotopic (exact) mass is 378 g/mol. The summed E-state index contributed by atoms with van der Waals surface area (Å²) in [5.41, 5.74) is 3.73. The molecule has 0 amide bonds. The number of pyridine rings is 1. The fourth-order valence-corrected chi connectivity index (χ4v) is 2.86. The second kappa shape index (κ2) is 9.22. The minimum atomic E-state index is -0.185. The van der Waals surface area contributed by atoms with Gasteiger partial charge in [0.2, 0.25) is 0 Å². The minimum absolute atomic E-state index is 0.185. The SMILES string of the molecule is COc1ccc(-c2cc(NCCC(=O)OCC(C)C)c3ccccc3n2)cc1. The Bertz CT molecular complexity index is 936. The predicted molar refractivity (Wildman–Crippen MR) is 113 cm³/mol. The smallest absolute Gasteiger partial charge is 0.307 e. The molecule has 0 spiro atoms. The van der Waals surface area contributed by atoms with Crippen LogP contribution in [0, 0.1) is 5.92 Å². The third kappa shape index (κ3) is 5.00. The molecule has 0 saturated heterocycles. The van der Waals surface area contributed by atoms with Gasteiger partial charge in [-0.2, -0.15) is 0 Å². The first-order chi connectivity index (χ1) is 13.6. The van der Waals surface area contributed by atoms with Crippen molar-refractivity contribution in [1.82, 2.24) is 4.98 Å². The third-order valence-electron chi connectivity index (χ3n) is 4.32. The van der Waals surface area contributed by atoms with Gasteiger partial charge in [0.15, 0.2) is 0 Å². The highest BCUT2D eigenvalue weighted by atomic mass is 16.5. The summed E-state index contributed by atoms with van der Waals surface area (Å²) in [6.45, 7) is 5.01. The Kier molecular flexibility index (Phi) is 6.48. The number of anilines is 1. The first kappa shape index (κ1) is 19.7. The number of esters is 1. The van der Waals surface area contributed by atoms with Gasteiger partial charge in [-0.1, -0.05) is 32.0 Å². The number of carbonyl (C=O) groups excluding carboxylic acids is 1. The van der Waals surface area contributed by atoms with Crippen molar-refractivity contribution >= 4 is 22.6 Å². The van der Waals surface area contributed by atoms with Gasteiger partial charge < -0.3 is 14.8 Å². The van der Waals surface area contributed by atoms with Crippen molar-refractivity contribution in [3.63, 3.8) is 0 Å². The highest BCUT2D eigenvalue weighted by molar-refractivity contribution is 5.93. The molecule has 5 heteroatoms. The van der Waals surface area contributed by atoms with Crippen LogP contribution < -0.4 is 10.1 Å². The molecule has 146 valence electrons. The molecule has 0 unspecified atom stereocenters. The number of aromatic nitrogens is 1. The van der Waals surface area contributed by atoms with E-state index >= 15 is 0 Å². The van der Waals surface area contributed by atoms with E-state index in [0.717, 1.165) is 33.6 Å². The summed E-state index contributed by atoms with van der Waals surface area (Å²) in [6.07, 6.45) is 0.321. The Labute approximate surface area is 165 Å². The van der Waals surface area contributed by atoms with Gasteiger partial charge in [-0.25, -0.2) is 4.98 Å². The average molecular weight is 378 g/mol. The maximum atomic E-state index is 11.9. The van der Waals surface area contributed by atoms with Gasteiger partial charge in [0.25, 0.3) is 0 Å². The fourth-order valence-electron chi connectivity index (χ4n) is 2.86. The molecule has 0 bridgehead atoms. The number of hydrogen-bond acceptors (Lipinski definition) is 5. The zero-order chi connectivity index (χ0) is 19.9. The Morgan fingerprint density at radius 3 is 2.57 bits per heavy atom. The van der Waals surface area contributed by atoms with Crippen LogP contribution in [0.2, 0.25) is 0 Å². The molecule has 0 aliphatic rings. The van der Waals surface area contributed by atoms with Gasteiger partial charge in [-0.3, -0.25) is 4.79 Å². The van der Waals surface area contributed by atoms with Crippen molar-refractivity contribution in [1.29, 1.82) is 0 Å². The summed E-state index contributed by atoms with van der Waals surface area (Å²) in [6, 6.07) is 17.8. The van der Waals surface area contributed by atoms with E-state index in [2.05, 4.69) is 5.32 Å². The molecule has 2 aromatic carbocycles. The molecule has 0 radical (unpaired) electrons. The maximum Gasteiger partial charge on any atom is 0.307 e. The molecule has 1 N–H and O–H groups in total. The summed E-state index contributed by atoms with van der Waals surface area (Å²) in [5, 5.41) is 4.40. The molecule has 0 aliphatic carbocycles. The number of fused-ring (bicyclic) bond motifs is 1. The second-order valence-electron chi connectivity index (χ2n) is 7.05. The highest BCUT2D eigenvalue weighted by Gasteiger charge is 2.09. The second-order valence-corrected chi connectivity index (χ2v) is 7.05. The van der Waals surface area contributed by atoms with Crippen LogP contribution in [0.15, 0.2) is 54.6 Å². The van der Waals surface area contributed by atoms with Crippen LogP contribution in [0.3, 0.4) is 0 Å². The van der Waals surface area contributed by atoms with Gasteiger partial charge >= 0.3 is 5.97 Å². The van der Waals surface area contributed by atoms with E-state index in [1.807, 2.05) is 68.4 Å². The molecule has 28 heavy (non-hydrogen) atoms. The summed E-state index contributed by atoms with van der Waals surface area (Å²) >= 11 is 0. The van der Waals surface area contributed by atoms with Crippen molar-refractivity contribution in [2.45, 2.75) is 20.3 Å². The Hall–Kier alpha value is -3.08. The van der Waals surface area contributed by atoms with E-state index < -0.39 is 0 Å². The predicted octanol–water partition coefficient (Wildman–Crippen LogP) is 4.91. The molecule has 1 aromatic heterocycles. The fraction of sp³-hybridized carbons (Fsp3) is 0.304. The number of rotatable bonds is 8. The number of benzene rings is 2. The number of nitrogens with one attached hydrogen (secondary N) is 1.